The maximum Gasteiger partial charge on any atom is 0.325 e. The average Bonchev–Trinajstić information content (AvgIpc) is 3.39. The average molecular weight is 358 g/mol. The third kappa shape index (κ3) is 3.68. The zero-order valence-corrected chi connectivity index (χ0v) is 14.8. The summed E-state index contributed by atoms with van der Waals surface area (Å²) in [5, 5.41) is 8.11. The predicted molar refractivity (Wildman–Crippen MR) is 94.5 cm³/mol. The van der Waals surface area contributed by atoms with Gasteiger partial charge >= 0.3 is 6.03 Å². The molecule has 1 aromatic carbocycles. The van der Waals surface area contributed by atoms with Crippen molar-refractivity contribution in [3.05, 3.63) is 29.8 Å². The molecule has 5 amide bonds. The van der Waals surface area contributed by atoms with Gasteiger partial charge in [-0.1, -0.05) is 13.0 Å². The number of anilines is 1. The van der Waals surface area contributed by atoms with Crippen molar-refractivity contribution in [2.24, 2.45) is 0 Å². The standard InChI is InChI=1S/C18H22N4O4/c1-3-18(2)16(25)22(17(26)21-18)10-14(23)19-13-6-4-5-11(9-13)15(24)20-12-7-8-12/h4-6,9,12H,3,7-8,10H2,1-2H3,(H,19,23)(H,20,24)(H,21,26). The summed E-state index contributed by atoms with van der Waals surface area (Å²) in [6.07, 6.45) is 2.42. The second kappa shape index (κ2) is 6.78. The molecule has 0 spiro atoms. The first-order valence-electron chi connectivity index (χ1n) is 8.67. The lowest BCUT2D eigenvalue weighted by molar-refractivity contribution is -0.133. The van der Waals surface area contributed by atoms with E-state index in [2.05, 4.69) is 16.0 Å². The van der Waals surface area contributed by atoms with E-state index in [4.69, 9.17) is 0 Å². The molecule has 26 heavy (non-hydrogen) atoms. The number of carbonyl (C=O) groups excluding carboxylic acids is 4. The highest BCUT2D eigenvalue weighted by Gasteiger charge is 2.46. The fourth-order valence-corrected chi connectivity index (χ4v) is 2.71. The van der Waals surface area contributed by atoms with Crippen LogP contribution in [0, 0.1) is 0 Å². The first-order chi connectivity index (χ1) is 12.3. The van der Waals surface area contributed by atoms with Gasteiger partial charge in [0, 0.05) is 17.3 Å². The minimum atomic E-state index is -0.974. The number of rotatable bonds is 6. The molecule has 8 nitrogen and oxygen atoms in total. The maximum absolute atomic E-state index is 12.3. The van der Waals surface area contributed by atoms with Crippen LogP contribution in [0.2, 0.25) is 0 Å². The largest absolute Gasteiger partial charge is 0.349 e. The van der Waals surface area contributed by atoms with Crippen molar-refractivity contribution in [3.63, 3.8) is 0 Å². The summed E-state index contributed by atoms with van der Waals surface area (Å²) in [7, 11) is 0. The summed E-state index contributed by atoms with van der Waals surface area (Å²) in [6.45, 7) is 3.05. The van der Waals surface area contributed by atoms with E-state index in [9.17, 15) is 19.2 Å². The van der Waals surface area contributed by atoms with Crippen LogP contribution in [0.15, 0.2) is 24.3 Å². The number of hydrogen-bond acceptors (Lipinski definition) is 4. The molecule has 1 heterocycles. The molecule has 3 N–H and O–H groups in total. The molecule has 0 aromatic heterocycles. The van der Waals surface area contributed by atoms with Crippen molar-refractivity contribution in [2.75, 3.05) is 11.9 Å². The zero-order valence-electron chi connectivity index (χ0n) is 14.8. The number of amides is 5. The Morgan fingerprint density at radius 3 is 2.65 bits per heavy atom. The smallest absolute Gasteiger partial charge is 0.325 e. The normalized spacial score (nSPS) is 22.2. The second-order valence-electron chi connectivity index (χ2n) is 6.88. The summed E-state index contributed by atoms with van der Waals surface area (Å²) in [4.78, 5) is 49.5. The number of nitrogens with zero attached hydrogens (tertiary/aromatic N) is 1. The Hall–Kier alpha value is -2.90. The van der Waals surface area contributed by atoms with Crippen LogP contribution >= 0.6 is 0 Å². The highest BCUT2D eigenvalue weighted by atomic mass is 16.2. The molecule has 1 aliphatic carbocycles. The summed E-state index contributed by atoms with van der Waals surface area (Å²) in [5.41, 5.74) is -0.0925. The third-order valence-electron chi connectivity index (χ3n) is 4.68. The summed E-state index contributed by atoms with van der Waals surface area (Å²) in [6, 6.07) is 6.21. The molecule has 0 bridgehead atoms. The van der Waals surface area contributed by atoms with Crippen LogP contribution in [-0.2, 0) is 9.59 Å². The van der Waals surface area contributed by atoms with Crippen LogP contribution in [-0.4, -0.2) is 46.8 Å². The summed E-state index contributed by atoms with van der Waals surface area (Å²) >= 11 is 0. The van der Waals surface area contributed by atoms with E-state index < -0.39 is 23.4 Å². The maximum atomic E-state index is 12.3. The van der Waals surface area contributed by atoms with E-state index >= 15 is 0 Å². The van der Waals surface area contributed by atoms with Gasteiger partial charge in [-0.25, -0.2) is 4.79 Å². The van der Waals surface area contributed by atoms with Crippen LogP contribution < -0.4 is 16.0 Å². The van der Waals surface area contributed by atoms with Gasteiger partial charge in [-0.3, -0.25) is 19.3 Å². The number of urea groups is 1. The van der Waals surface area contributed by atoms with E-state index in [-0.39, 0.29) is 18.5 Å². The van der Waals surface area contributed by atoms with Crippen molar-refractivity contribution < 1.29 is 19.2 Å². The Labute approximate surface area is 151 Å². The van der Waals surface area contributed by atoms with Gasteiger partial charge < -0.3 is 16.0 Å². The van der Waals surface area contributed by atoms with E-state index in [1.54, 1.807) is 38.1 Å². The Balaban J connectivity index is 1.62. The molecular formula is C18H22N4O4. The van der Waals surface area contributed by atoms with Gasteiger partial charge in [-0.05, 0) is 44.4 Å². The molecule has 1 aliphatic heterocycles. The molecular weight excluding hydrogens is 336 g/mol. The number of benzene rings is 1. The molecule has 8 heteroatoms. The van der Waals surface area contributed by atoms with Crippen molar-refractivity contribution in [3.8, 4) is 0 Å². The van der Waals surface area contributed by atoms with E-state index in [1.807, 2.05) is 0 Å². The van der Waals surface area contributed by atoms with Crippen LogP contribution in [0.5, 0.6) is 0 Å². The Kier molecular flexibility index (Phi) is 4.67. The summed E-state index contributed by atoms with van der Waals surface area (Å²) in [5.74, 6) is -1.11. The van der Waals surface area contributed by atoms with E-state index in [0.717, 1.165) is 17.7 Å². The highest BCUT2D eigenvalue weighted by Crippen LogP contribution is 2.21. The molecule has 1 unspecified atom stereocenters. The molecule has 2 fully saturated rings. The molecule has 1 aromatic rings. The number of carbonyl (C=O) groups is 4. The monoisotopic (exact) mass is 358 g/mol. The quantitative estimate of drug-likeness (QED) is 0.665. The first kappa shape index (κ1) is 17.9. The van der Waals surface area contributed by atoms with Gasteiger partial charge in [0.05, 0.1) is 0 Å². The molecule has 1 saturated carbocycles. The molecule has 1 atom stereocenters. The van der Waals surface area contributed by atoms with Crippen molar-refractivity contribution in [1.82, 2.24) is 15.5 Å². The molecule has 3 rings (SSSR count). The lowest BCUT2D eigenvalue weighted by Gasteiger charge is -2.19. The van der Waals surface area contributed by atoms with Gasteiger partial charge in [0.15, 0.2) is 0 Å². The number of nitrogens with one attached hydrogen (secondary N) is 3. The first-order valence-corrected chi connectivity index (χ1v) is 8.67. The second-order valence-corrected chi connectivity index (χ2v) is 6.88. The molecule has 2 aliphatic rings. The van der Waals surface area contributed by atoms with Crippen molar-refractivity contribution in [2.45, 2.75) is 44.7 Å². The zero-order chi connectivity index (χ0) is 18.9. The van der Waals surface area contributed by atoms with Gasteiger partial charge in [0.2, 0.25) is 5.91 Å². The fraction of sp³-hybridized carbons (Fsp3) is 0.444. The SMILES string of the molecule is CCC1(C)NC(=O)N(CC(=O)Nc2cccc(C(=O)NC3CC3)c2)C1=O. The van der Waals surface area contributed by atoms with Crippen molar-refractivity contribution >= 4 is 29.4 Å². The Morgan fingerprint density at radius 2 is 2.04 bits per heavy atom. The van der Waals surface area contributed by atoms with Crippen LogP contribution in [0.25, 0.3) is 0 Å². The number of imide groups is 1. The van der Waals surface area contributed by atoms with Gasteiger partial charge in [-0.15, -0.1) is 0 Å². The van der Waals surface area contributed by atoms with E-state index in [0.29, 0.717) is 17.7 Å². The van der Waals surface area contributed by atoms with E-state index in [1.165, 1.54) is 0 Å². The van der Waals surface area contributed by atoms with Gasteiger partial charge in [-0.2, -0.15) is 0 Å². The minimum Gasteiger partial charge on any atom is -0.349 e. The highest BCUT2D eigenvalue weighted by molar-refractivity contribution is 6.10. The molecule has 138 valence electrons. The minimum absolute atomic E-state index is 0.184. The Morgan fingerprint density at radius 1 is 1.31 bits per heavy atom. The lowest BCUT2D eigenvalue weighted by atomic mass is 9.99. The van der Waals surface area contributed by atoms with Gasteiger partial charge in [0.25, 0.3) is 11.8 Å². The van der Waals surface area contributed by atoms with Crippen LogP contribution in [0.1, 0.15) is 43.5 Å². The van der Waals surface area contributed by atoms with Crippen LogP contribution in [0.3, 0.4) is 0 Å². The molecule has 0 radical (unpaired) electrons. The lowest BCUT2D eigenvalue weighted by Crippen LogP contribution is -2.44. The summed E-state index contributed by atoms with van der Waals surface area (Å²) < 4.78 is 0. The van der Waals surface area contributed by atoms with Crippen molar-refractivity contribution in [1.29, 1.82) is 0 Å². The van der Waals surface area contributed by atoms with Crippen LogP contribution in [0.4, 0.5) is 10.5 Å². The predicted octanol–water partition coefficient (Wildman–Crippen LogP) is 1.24. The number of hydrogen-bond donors (Lipinski definition) is 3. The fourth-order valence-electron chi connectivity index (χ4n) is 2.71. The third-order valence-corrected chi connectivity index (χ3v) is 4.68. The molecule has 1 saturated heterocycles. The Bertz CT molecular complexity index is 774. The topological polar surface area (TPSA) is 108 Å². The van der Waals surface area contributed by atoms with Gasteiger partial charge in [0.1, 0.15) is 12.1 Å².